The van der Waals surface area contributed by atoms with Gasteiger partial charge in [0.05, 0.1) is 0 Å². The Morgan fingerprint density at radius 1 is 1.47 bits per heavy atom. The van der Waals surface area contributed by atoms with Gasteiger partial charge in [0, 0.05) is 12.6 Å². The molecule has 0 heterocycles. The Kier molecular flexibility index (Phi) is 8.33. The predicted molar refractivity (Wildman–Crippen MR) is 57.7 cm³/mol. The third-order valence-electron chi connectivity index (χ3n) is 0.901. The van der Waals surface area contributed by atoms with Crippen molar-refractivity contribution >= 4 is 12.1 Å². The minimum atomic E-state index is -0.961. The van der Waals surface area contributed by atoms with Crippen LogP contribution in [0.5, 0.6) is 0 Å². The highest BCUT2D eigenvalue weighted by Gasteiger charge is 2.12. The Labute approximate surface area is 90.1 Å². The molecule has 0 radical (unpaired) electrons. The van der Waals surface area contributed by atoms with Gasteiger partial charge in [-0.3, -0.25) is 0 Å². The molecule has 0 saturated heterocycles. The Morgan fingerprint density at radius 3 is 2.00 bits per heavy atom. The van der Waals surface area contributed by atoms with Gasteiger partial charge in [0.1, 0.15) is 5.60 Å². The molecule has 0 aromatic rings. The lowest BCUT2D eigenvalue weighted by Crippen LogP contribution is -2.22. The van der Waals surface area contributed by atoms with E-state index in [1.165, 1.54) is 0 Å². The Hall–Kier alpha value is -1.52. The van der Waals surface area contributed by atoms with E-state index in [0.29, 0.717) is 6.54 Å². The maximum absolute atomic E-state index is 10.5. The third-order valence-corrected chi connectivity index (χ3v) is 0.901. The zero-order valence-corrected chi connectivity index (χ0v) is 9.66. The van der Waals surface area contributed by atoms with E-state index in [-0.39, 0.29) is 5.97 Å². The number of carbonyl (C=O) groups is 2. The summed E-state index contributed by atoms with van der Waals surface area (Å²) in [5, 5.41) is 9.93. The van der Waals surface area contributed by atoms with Crippen LogP contribution in [-0.4, -0.2) is 29.3 Å². The van der Waals surface area contributed by atoms with Gasteiger partial charge in [0.2, 0.25) is 0 Å². The van der Waals surface area contributed by atoms with Crippen molar-refractivity contribution in [1.82, 2.24) is 5.32 Å². The first-order valence-electron chi connectivity index (χ1n) is 4.55. The second kappa shape index (κ2) is 7.84. The van der Waals surface area contributed by atoms with Crippen LogP contribution in [0, 0.1) is 0 Å². The van der Waals surface area contributed by atoms with Gasteiger partial charge >= 0.3 is 12.1 Å². The normalized spacial score (nSPS) is 9.33. The van der Waals surface area contributed by atoms with E-state index in [1.807, 2.05) is 20.8 Å². The standard InChI is InChI=1S/C7H12O2.C3H7NO2/c1-5-6(8)9-7(2,3)4;1-2-4-3(5)6/h5H,1H2,2-4H3;4H,2H2,1H3,(H,5,6). The van der Waals surface area contributed by atoms with E-state index < -0.39 is 11.7 Å². The first-order valence-corrected chi connectivity index (χ1v) is 4.55. The van der Waals surface area contributed by atoms with Gasteiger partial charge in [0.25, 0.3) is 0 Å². The molecule has 0 aliphatic rings. The number of hydrogen-bond acceptors (Lipinski definition) is 3. The molecule has 15 heavy (non-hydrogen) atoms. The average Bonchev–Trinajstić information content (AvgIpc) is 2.01. The smallest absolute Gasteiger partial charge is 0.404 e. The summed E-state index contributed by atoms with van der Waals surface area (Å²) in [4.78, 5) is 20.0. The van der Waals surface area contributed by atoms with Crippen molar-refractivity contribution in [2.45, 2.75) is 33.3 Å². The summed E-state index contributed by atoms with van der Waals surface area (Å²) in [6, 6.07) is 0. The molecule has 0 spiro atoms. The molecule has 0 unspecified atom stereocenters. The van der Waals surface area contributed by atoms with Crippen molar-refractivity contribution in [2.75, 3.05) is 6.54 Å². The van der Waals surface area contributed by atoms with Crippen molar-refractivity contribution in [3.63, 3.8) is 0 Å². The topological polar surface area (TPSA) is 75.6 Å². The molecule has 2 N–H and O–H groups in total. The van der Waals surface area contributed by atoms with Crippen LogP contribution in [0.1, 0.15) is 27.7 Å². The predicted octanol–water partition coefficient (Wildman–Crippen LogP) is 1.79. The molecule has 88 valence electrons. The van der Waals surface area contributed by atoms with Crippen LogP contribution >= 0.6 is 0 Å². The molecule has 5 nitrogen and oxygen atoms in total. The summed E-state index contributed by atoms with van der Waals surface area (Å²) in [6.07, 6.45) is 0.197. The average molecular weight is 217 g/mol. The van der Waals surface area contributed by atoms with Crippen LogP contribution in [0.4, 0.5) is 4.79 Å². The van der Waals surface area contributed by atoms with E-state index in [2.05, 4.69) is 11.9 Å². The lowest BCUT2D eigenvalue weighted by atomic mass is 10.2. The van der Waals surface area contributed by atoms with E-state index in [0.717, 1.165) is 6.08 Å². The van der Waals surface area contributed by atoms with Crippen LogP contribution in [-0.2, 0) is 9.53 Å². The van der Waals surface area contributed by atoms with Crippen molar-refractivity contribution in [1.29, 1.82) is 0 Å². The van der Waals surface area contributed by atoms with E-state index >= 15 is 0 Å². The molecule has 1 amide bonds. The summed E-state index contributed by atoms with van der Waals surface area (Å²) in [6.45, 7) is 10.9. The molecule has 5 heteroatoms. The fourth-order valence-electron chi connectivity index (χ4n) is 0.495. The van der Waals surface area contributed by atoms with Gasteiger partial charge in [0.15, 0.2) is 0 Å². The first kappa shape index (κ1) is 15.9. The highest BCUT2D eigenvalue weighted by molar-refractivity contribution is 5.81. The molecule has 0 aromatic carbocycles. The minimum absolute atomic E-state index is 0.373. The quantitative estimate of drug-likeness (QED) is 0.546. The number of amides is 1. The molecule has 0 fully saturated rings. The monoisotopic (exact) mass is 217 g/mol. The number of nitrogens with one attached hydrogen (secondary N) is 1. The number of hydrogen-bond donors (Lipinski definition) is 2. The zero-order chi connectivity index (χ0) is 12.5. The van der Waals surface area contributed by atoms with Crippen molar-refractivity contribution in [2.24, 2.45) is 0 Å². The van der Waals surface area contributed by atoms with Crippen molar-refractivity contribution in [3.8, 4) is 0 Å². The molecule has 0 atom stereocenters. The Balaban J connectivity index is 0. The molecular weight excluding hydrogens is 198 g/mol. The van der Waals surface area contributed by atoms with E-state index in [1.54, 1.807) is 6.92 Å². The van der Waals surface area contributed by atoms with Crippen LogP contribution in [0.3, 0.4) is 0 Å². The van der Waals surface area contributed by atoms with E-state index in [4.69, 9.17) is 9.84 Å². The number of ether oxygens (including phenoxy) is 1. The van der Waals surface area contributed by atoms with E-state index in [9.17, 15) is 9.59 Å². The van der Waals surface area contributed by atoms with Gasteiger partial charge in [-0.25, -0.2) is 9.59 Å². The van der Waals surface area contributed by atoms with Crippen LogP contribution < -0.4 is 5.32 Å². The summed E-state index contributed by atoms with van der Waals surface area (Å²) in [7, 11) is 0. The Bertz CT molecular complexity index is 218. The van der Waals surface area contributed by atoms with Gasteiger partial charge in [-0.05, 0) is 27.7 Å². The van der Waals surface area contributed by atoms with Crippen molar-refractivity contribution in [3.05, 3.63) is 12.7 Å². The number of carbonyl (C=O) groups excluding carboxylic acids is 1. The first-order chi connectivity index (χ1) is 6.72. The van der Waals surface area contributed by atoms with Gasteiger partial charge in [-0.1, -0.05) is 6.58 Å². The maximum Gasteiger partial charge on any atom is 0.404 e. The Morgan fingerprint density at radius 2 is 1.93 bits per heavy atom. The second-order valence-corrected chi connectivity index (χ2v) is 3.57. The lowest BCUT2D eigenvalue weighted by molar-refractivity contribution is -0.148. The summed E-state index contributed by atoms with van der Waals surface area (Å²) in [5.74, 6) is -0.373. The zero-order valence-electron chi connectivity index (χ0n) is 9.66. The SMILES string of the molecule is C=CC(=O)OC(C)(C)C.CCNC(=O)O. The van der Waals surface area contributed by atoms with Gasteiger partial charge < -0.3 is 15.2 Å². The molecule has 0 aromatic heterocycles. The fraction of sp³-hybridized carbons (Fsp3) is 0.600. The van der Waals surface area contributed by atoms with Crippen LogP contribution in [0.25, 0.3) is 0 Å². The molecule has 0 bridgehead atoms. The van der Waals surface area contributed by atoms with Gasteiger partial charge in [-0.2, -0.15) is 0 Å². The van der Waals surface area contributed by atoms with Gasteiger partial charge in [-0.15, -0.1) is 0 Å². The summed E-state index contributed by atoms with van der Waals surface area (Å²) < 4.78 is 4.83. The summed E-state index contributed by atoms with van der Waals surface area (Å²) in [5.41, 5.74) is -0.398. The molecular formula is C10H19NO4. The maximum atomic E-state index is 10.5. The number of esters is 1. The molecule has 0 aliphatic heterocycles. The third kappa shape index (κ3) is 19.1. The minimum Gasteiger partial charge on any atom is -0.465 e. The number of carboxylic acid groups (broad SMARTS) is 1. The molecule has 0 rings (SSSR count). The second-order valence-electron chi connectivity index (χ2n) is 3.57. The number of rotatable bonds is 2. The fourth-order valence-corrected chi connectivity index (χ4v) is 0.495. The molecule has 0 saturated carbocycles. The lowest BCUT2D eigenvalue weighted by Gasteiger charge is -2.17. The van der Waals surface area contributed by atoms with Crippen LogP contribution in [0.2, 0.25) is 0 Å². The molecule has 0 aliphatic carbocycles. The highest BCUT2D eigenvalue weighted by Crippen LogP contribution is 2.06. The van der Waals surface area contributed by atoms with Crippen LogP contribution in [0.15, 0.2) is 12.7 Å². The van der Waals surface area contributed by atoms with Crippen molar-refractivity contribution < 1.29 is 19.4 Å². The summed E-state index contributed by atoms with van der Waals surface area (Å²) >= 11 is 0. The highest BCUT2D eigenvalue weighted by atomic mass is 16.6. The largest absolute Gasteiger partial charge is 0.465 e.